The second kappa shape index (κ2) is 6.69. The van der Waals surface area contributed by atoms with Crippen molar-refractivity contribution in [3.05, 3.63) is 24.4 Å². The number of aryl methyl sites for hydroxylation is 1. The van der Waals surface area contributed by atoms with Crippen molar-refractivity contribution >= 4 is 17.4 Å². The molecule has 0 saturated carbocycles. The van der Waals surface area contributed by atoms with Crippen LogP contribution >= 0.6 is 0 Å². The maximum absolute atomic E-state index is 10.8. The molecule has 0 spiro atoms. The zero-order valence-corrected chi connectivity index (χ0v) is 12.1. The van der Waals surface area contributed by atoms with Gasteiger partial charge in [0.25, 0.3) is 0 Å². The first-order chi connectivity index (χ1) is 10.1. The fourth-order valence-corrected chi connectivity index (χ4v) is 1.82. The summed E-state index contributed by atoms with van der Waals surface area (Å²) in [7, 11) is 0. The number of hydrogen-bond acceptors (Lipinski definition) is 6. The van der Waals surface area contributed by atoms with Gasteiger partial charge in [-0.1, -0.05) is 6.92 Å². The zero-order valence-electron chi connectivity index (χ0n) is 12.1. The monoisotopic (exact) mass is 289 g/mol. The van der Waals surface area contributed by atoms with Crippen LogP contribution in [0.25, 0.3) is 5.95 Å². The summed E-state index contributed by atoms with van der Waals surface area (Å²) in [5, 5.41) is 5.83. The summed E-state index contributed by atoms with van der Waals surface area (Å²) in [4.78, 5) is 23.6. The first kappa shape index (κ1) is 14.8. The predicted octanol–water partition coefficient (Wildman–Crippen LogP) is 0.355. The van der Waals surface area contributed by atoms with Crippen LogP contribution < -0.4 is 16.4 Å². The molecule has 21 heavy (non-hydrogen) atoms. The Morgan fingerprint density at radius 1 is 1.38 bits per heavy atom. The van der Waals surface area contributed by atoms with E-state index in [0.717, 1.165) is 5.69 Å². The number of hydrogen-bond donors (Lipinski definition) is 3. The van der Waals surface area contributed by atoms with Gasteiger partial charge in [0.05, 0.1) is 11.4 Å². The van der Waals surface area contributed by atoms with Crippen LogP contribution in [0.4, 0.5) is 11.5 Å². The van der Waals surface area contributed by atoms with Gasteiger partial charge in [-0.2, -0.15) is 4.98 Å². The Balaban J connectivity index is 2.19. The van der Waals surface area contributed by atoms with Gasteiger partial charge in [-0.15, -0.1) is 0 Å². The highest BCUT2D eigenvalue weighted by Crippen LogP contribution is 2.21. The molecule has 0 fully saturated rings. The molecule has 0 radical (unpaired) electrons. The highest BCUT2D eigenvalue weighted by atomic mass is 16.1. The van der Waals surface area contributed by atoms with Crippen LogP contribution in [0.5, 0.6) is 0 Å². The Hall–Kier alpha value is -2.64. The summed E-state index contributed by atoms with van der Waals surface area (Å²) in [6, 6.07) is 0. The number of carbonyl (C=O) groups is 1. The Kier molecular flexibility index (Phi) is 4.70. The average molecular weight is 289 g/mol. The molecule has 1 amide bonds. The molecule has 2 heterocycles. The summed E-state index contributed by atoms with van der Waals surface area (Å²) in [5.41, 5.74) is 7.36. The first-order valence-electron chi connectivity index (χ1n) is 6.74. The highest BCUT2D eigenvalue weighted by molar-refractivity contribution is 5.72. The van der Waals surface area contributed by atoms with E-state index in [1.54, 1.807) is 23.3 Å². The van der Waals surface area contributed by atoms with Crippen LogP contribution in [0.15, 0.2) is 18.7 Å². The molecular weight excluding hydrogens is 270 g/mol. The van der Waals surface area contributed by atoms with Crippen molar-refractivity contribution in [3.8, 4) is 5.95 Å². The predicted molar refractivity (Wildman–Crippen MR) is 80.1 cm³/mol. The number of nitrogen functional groups attached to an aromatic ring is 1. The largest absolute Gasteiger partial charge is 0.394 e. The van der Waals surface area contributed by atoms with Crippen LogP contribution in [-0.4, -0.2) is 38.5 Å². The minimum absolute atomic E-state index is 0.0687. The van der Waals surface area contributed by atoms with Gasteiger partial charge in [0, 0.05) is 32.4 Å². The summed E-state index contributed by atoms with van der Waals surface area (Å²) >= 11 is 0. The van der Waals surface area contributed by atoms with Crippen LogP contribution in [0, 0.1) is 0 Å². The van der Waals surface area contributed by atoms with E-state index in [1.165, 1.54) is 6.92 Å². The van der Waals surface area contributed by atoms with Gasteiger partial charge in [0.2, 0.25) is 11.9 Å². The summed E-state index contributed by atoms with van der Waals surface area (Å²) in [6.45, 7) is 4.50. The lowest BCUT2D eigenvalue weighted by Gasteiger charge is -2.13. The summed E-state index contributed by atoms with van der Waals surface area (Å²) in [5.74, 6) is 1.01. The van der Waals surface area contributed by atoms with E-state index in [2.05, 4.69) is 25.6 Å². The minimum atomic E-state index is -0.0687. The van der Waals surface area contributed by atoms with Crippen molar-refractivity contribution in [2.24, 2.45) is 0 Å². The number of nitrogens with zero attached hydrogens (tertiary/aromatic N) is 4. The number of rotatable bonds is 6. The Morgan fingerprint density at radius 2 is 2.19 bits per heavy atom. The SMILES string of the molecule is CCc1nc(-n2ccnc2)nc(NCCNC(C)=O)c1N. The van der Waals surface area contributed by atoms with Crippen molar-refractivity contribution < 1.29 is 4.79 Å². The third-order valence-electron chi connectivity index (χ3n) is 2.87. The first-order valence-corrected chi connectivity index (χ1v) is 6.74. The molecule has 0 unspecified atom stereocenters. The van der Waals surface area contributed by atoms with Crippen molar-refractivity contribution in [2.75, 3.05) is 24.1 Å². The van der Waals surface area contributed by atoms with Gasteiger partial charge < -0.3 is 16.4 Å². The number of nitrogens with one attached hydrogen (secondary N) is 2. The maximum atomic E-state index is 10.8. The van der Waals surface area contributed by atoms with E-state index < -0.39 is 0 Å². The number of imidazole rings is 1. The number of amides is 1. The van der Waals surface area contributed by atoms with Crippen LogP contribution in [0.1, 0.15) is 19.5 Å². The number of carbonyl (C=O) groups excluding carboxylic acids is 1. The quantitative estimate of drug-likeness (QED) is 0.662. The summed E-state index contributed by atoms with van der Waals surface area (Å²) < 4.78 is 1.72. The molecule has 0 atom stereocenters. The van der Waals surface area contributed by atoms with Crippen LogP contribution in [0.3, 0.4) is 0 Å². The van der Waals surface area contributed by atoms with E-state index in [4.69, 9.17) is 5.73 Å². The van der Waals surface area contributed by atoms with Gasteiger partial charge in [0.1, 0.15) is 6.33 Å². The Morgan fingerprint density at radius 3 is 2.81 bits per heavy atom. The highest BCUT2D eigenvalue weighted by Gasteiger charge is 2.11. The fraction of sp³-hybridized carbons (Fsp3) is 0.385. The molecule has 2 aromatic heterocycles. The fourth-order valence-electron chi connectivity index (χ4n) is 1.82. The van der Waals surface area contributed by atoms with Crippen molar-refractivity contribution in [1.29, 1.82) is 0 Å². The van der Waals surface area contributed by atoms with Gasteiger partial charge in [-0.25, -0.2) is 9.97 Å². The minimum Gasteiger partial charge on any atom is -0.394 e. The smallest absolute Gasteiger partial charge is 0.237 e. The third-order valence-corrected chi connectivity index (χ3v) is 2.87. The molecule has 0 aliphatic carbocycles. The van der Waals surface area contributed by atoms with Gasteiger partial charge >= 0.3 is 0 Å². The Labute approximate surface area is 122 Å². The lowest BCUT2D eigenvalue weighted by Crippen LogP contribution is -2.27. The molecule has 0 saturated heterocycles. The molecule has 0 aliphatic rings. The lowest BCUT2D eigenvalue weighted by atomic mass is 10.2. The number of nitrogens with two attached hydrogens (primary N) is 1. The van der Waals surface area contributed by atoms with E-state index in [0.29, 0.717) is 37.0 Å². The van der Waals surface area contributed by atoms with Gasteiger partial charge in [-0.05, 0) is 6.42 Å². The molecule has 8 nitrogen and oxygen atoms in total. The van der Waals surface area contributed by atoms with E-state index in [1.807, 2.05) is 6.92 Å². The molecule has 112 valence electrons. The second-order valence-corrected chi connectivity index (χ2v) is 4.47. The molecule has 2 rings (SSSR count). The van der Waals surface area contributed by atoms with E-state index in [-0.39, 0.29) is 5.91 Å². The van der Waals surface area contributed by atoms with Crippen molar-refractivity contribution in [2.45, 2.75) is 20.3 Å². The normalized spacial score (nSPS) is 10.4. The summed E-state index contributed by atoms with van der Waals surface area (Å²) in [6.07, 6.45) is 5.77. The van der Waals surface area contributed by atoms with E-state index in [9.17, 15) is 4.79 Å². The van der Waals surface area contributed by atoms with E-state index >= 15 is 0 Å². The molecule has 0 aromatic carbocycles. The second-order valence-electron chi connectivity index (χ2n) is 4.47. The van der Waals surface area contributed by atoms with Crippen molar-refractivity contribution in [3.63, 3.8) is 0 Å². The number of aromatic nitrogens is 4. The van der Waals surface area contributed by atoms with Crippen LogP contribution in [-0.2, 0) is 11.2 Å². The molecule has 0 bridgehead atoms. The molecule has 4 N–H and O–H groups in total. The topological polar surface area (TPSA) is 111 Å². The number of anilines is 2. The molecule has 8 heteroatoms. The Bertz CT molecular complexity index is 609. The van der Waals surface area contributed by atoms with Gasteiger partial charge in [-0.3, -0.25) is 9.36 Å². The van der Waals surface area contributed by atoms with Crippen LogP contribution in [0.2, 0.25) is 0 Å². The van der Waals surface area contributed by atoms with Crippen molar-refractivity contribution in [1.82, 2.24) is 24.8 Å². The average Bonchev–Trinajstić information content (AvgIpc) is 2.99. The third kappa shape index (κ3) is 3.68. The van der Waals surface area contributed by atoms with Gasteiger partial charge in [0.15, 0.2) is 5.82 Å². The molecule has 0 aliphatic heterocycles. The standard InChI is InChI=1S/C13H19N7O/c1-3-10-11(14)12(17-5-4-16-9(2)21)19-13(18-10)20-7-6-15-8-20/h6-8H,3-5,14H2,1-2H3,(H,16,21)(H,17,18,19). The zero-order chi connectivity index (χ0) is 15.2. The lowest BCUT2D eigenvalue weighted by molar-refractivity contribution is -0.118. The molecular formula is C13H19N7O. The molecule has 2 aromatic rings. The maximum Gasteiger partial charge on any atom is 0.237 e.